The molecule has 1 aromatic rings. The van der Waals surface area contributed by atoms with Gasteiger partial charge in [-0.05, 0) is 12.1 Å². The Labute approximate surface area is 113 Å². The van der Waals surface area contributed by atoms with Crippen LogP contribution in [0.1, 0.15) is 12.8 Å². The molecule has 0 bridgehead atoms. The van der Waals surface area contributed by atoms with E-state index in [0.29, 0.717) is 0 Å². The number of nitro groups is 1. The highest BCUT2D eigenvalue weighted by molar-refractivity contribution is 5.64. The number of nitro benzene ring substituents is 1. The number of nitrogens with zero attached hydrogens (tertiary/aromatic N) is 1. The summed E-state index contributed by atoms with van der Waals surface area (Å²) in [6, 6.07) is 4.95. The monoisotopic (exact) mass is 283 g/mol. The van der Waals surface area contributed by atoms with Crippen LogP contribution in [0, 0.1) is 10.1 Å². The van der Waals surface area contributed by atoms with Gasteiger partial charge in [-0.25, -0.2) is 4.79 Å². The van der Waals surface area contributed by atoms with Crippen molar-refractivity contribution in [1.29, 1.82) is 0 Å². The quantitative estimate of drug-likeness (QED) is 0.367. The van der Waals surface area contributed by atoms with Gasteiger partial charge >= 0.3 is 6.16 Å². The zero-order valence-corrected chi connectivity index (χ0v) is 10.3. The van der Waals surface area contributed by atoms with Crippen LogP contribution in [0.15, 0.2) is 24.3 Å². The first-order chi connectivity index (χ1) is 9.45. The van der Waals surface area contributed by atoms with E-state index in [1.54, 1.807) is 0 Å². The van der Waals surface area contributed by atoms with Gasteiger partial charge in [0.05, 0.1) is 17.1 Å². The molecule has 1 unspecified atom stereocenters. The molecule has 0 saturated heterocycles. The van der Waals surface area contributed by atoms with Crippen LogP contribution in [0.5, 0.6) is 5.75 Å². The number of hydrogen-bond acceptors (Lipinski definition) is 7. The van der Waals surface area contributed by atoms with E-state index in [9.17, 15) is 25.1 Å². The zero-order valence-electron chi connectivity index (χ0n) is 10.3. The maximum absolute atomic E-state index is 11.5. The minimum atomic E-state index is -0.981. The molecule has 0 radical (unpaired) electrons. The highest BCUT2D eigenvalue weighted by Crippen LogP contribution is 2.24. The summed E-state index contributed by atoms with van der Waals surface area (Å²) >= 11 is 0. The third kappa shape index (κ3) is 3.43. The normalized spacial score (nSPS) is 25.2. The van der Waals surface area contributed by atoms with Gasteiger partial charge in [-0.15, -0.1) is 0 Å². The second-order valence-electron chi connectivity index (χ2n) is 4.45. The smallest absolute Gasteiger partial charge is 0.430 e. The topological polar surface area (TPSA) is 119 Å². The van der Waals surface area contributed by atoms with Gasteiger partial charge in [0.15, 0.2) is 0 Å². The van der Waals surface area contributed by atoms with Gasteiger partial charge in [-0.2, -0.15) is 0 Å². The summed E-state index contributed by atoms with van der Waals surface area (Å²) in [5.41, 5.74) is -0.118. The lowest BCUT2D eigenvalue weighted by atomic mass is 10.3. The molecule has 0 aromatic heterocycles. The second-order valence-corrected chi connectivity index (χ2v) is 4.45. The van der Waals surface area contributed by atoms with Crippen LogP contribution >= 0.6 is 0 Å². The number of benzene rings is 1. The number of aliphatic hydroxyl groups excluding tert-OH is 2. The molecule has 3 atom stereocenters. The van der Waals surface area contributed by atoms with E-state index >= 15 is 0 Å². The van der Waals surface area contributed by atoms with Gasteiger partial charge in [0.25, 0.3) is 5.69 Å². The van der Waals surface area contributed by atoms with Gasteiger partial charge in [0, 0.05) is 25.0 Å². The molecule has 0 heterocycles. The van der Waals surface area contributed by atoms with Crippen molar-refractivity contribution in [2.45, 2.75) is 31.2 Å². The third-order valence-corrected chi connectivity index (χ3v) is 2.96. The van der Waals surface area contributed by atoms with Crippen LogP contribution in [0.3, 0.4) is 0 Å². The molecule has 0 amide bonds. The summed E-state index contributed by atoms with van der Waals surface area (Å²) in [7, 11) is 0. The fourth-order valence-electron chi connectivity index (χ4n) is 1.94. The Kier molecular flexibility index (Phi) is 4.16. The fraction of sp³-hybridized carbons (Fsp3) is 0.417. The number of carbonyl (C=O) groups is 1. The minimum absolute atomic E-state index is 0.111. The van der Waals surface area contributed by atoms with Crippen molar-refractivity contribution in [3.8, 4) is 5.75 Å². The summed E-state index contributed by atoms with van der Waals surface area (Å²) in [5, 5.41) is 29.1. The Bertz CT molecular complexity index is 491. The van der Waals surface area contributed by atoms with E-state index in [1.165, 1.54) is 24.3 Å². The number of non-ortho nitro benzene ring substituents is 1. The van der Waals surface area contributed by atoms with E-state index in [2.05, 4.69) is 0 Å². The van der Waals surface area contributed by atoms with E-state index < -0.39 is 29.4 Å². The number of hydrogen-bond donors (Lipinski definition) is 2. The Morgan fingerprint density at radius 2 is 1.75 bits per heavy atom. The number of rotatable bonds is 3. The zero-order chi connectivity index (χ0) is 14.7. The first-order valence-corrected chi connectivity index (χ1v) is 5.95. The molecule has 20 heavy (non-hydrogen) atoms. The maximum Gasteiger partial charge on any atom is 0.514 e. The molecule has 2 rings (SSSR count). The Hall–Kier alpha value is -2.19. The van der Waals surface area contributed by atoms with Crippen molar-refractivity contribution in [3.63, 3.8) is 0 Å². The summed E-state index contributed by atoms with van der Waals surface area (Å²) < 4.78 is 9.75. The number of aliphatic hydroxyl groups is 2. The summed E-state index contributed by atoms with van der Waals surface area (Å²) in [6.45, 7) is 0. The first kappa shape index (κ1) is 14.2. The highest BCUT2D eigenvalue weighted by Gasteiger charge is 2.34. The predicted octanol–water partition coefficient (Wildman–Crippen LogP) is 0.994. The van der Waals surface area contributed by atoms with Crippen molar-refractivity contribution in [1.82, 2.24) is 0 Å². The van der Waals surface area contributed by atoms with Crippen molar-refractivity contribution < 1.29 is 29.4 Å². The molecule has 1 saturated carbocycles. The molecule has 0 aliphatic heterocycles. The number of carbonyl (C=O) groups excluding carboxylic acids is 1. The van der Waals surface area contributed by atoms with Crippen LogP contribution in [0.2, 0.25) is 0 Å². The predicted molar refractivity (Wildman–Crippen MR) is 65.2 cm³/mol. The molecular formula is C12H13NO7. The average Bonchev–Trinajstić information content (AvgIpc) is 2.68. The van der Waals surface area contributed by atoms with E-state index in [0.717, 1.165) is 0 Å². The SMILES string of the molecule is O=C(Oc1ccc([N+](=O)[O-])cc1)OC1C[C@@H](O)[C@@H](O)C1. The van der Waals surface area contributed by atoms with Crippen molar-refractivity contribution >= 4 is 11.8 Å². The summed E-state index contributed by atoms with van der Waals surface area (Å²) in [5.74, 6) is 0.111. The molecule has 0 spiro atoms. The summed E-state index contributed by atoms with van der Waals surface area (Å²) in [6.07, 6.45) is -3.11. The Morgan fingerprint density at radius 3 is 2.25 bits per heavy atom. The molecule has 8 heteroatoms. The van der Waals surface area contributed by atoms with Crippen LogP contribution in [-0.4, -0.2) is 39.6 Å². The second kappa shape index (κ2) is 5.85. The largest absolute Gasteiger partial charge is 0.514 e. The van der Waals surface area contributed by atoms with Crippen LogP contribution in [-0.2, 0) is 4.74 Å². The fourth-order valence-corrected chi connectivity index (χ4v) is 1.94. The lowest BCUT2D eigenvalue weighted by Crippen LogP contribution is -2.19. The number of ether oxygens (including phenoxy) is 2. The van der Waals surface area contributed by atoms with Gasteiger partial charge < -0.3 is 19.7 Å². The van der Waals surface area contributed by atoms with Gasteiger partial charge in [-0.1, -0.05) is 0 Å². The van der Waals surface area contributed by atoms with E-state index in [1.807, 2.05) is 0 Å². The van der Waals surface area contributed by atoms with Crippen LogP contribution in [0.4, 0.5) is 10.5 Å². The molecule has 1 aliphatic carbocycles. The lowest BCUT2D eigenvalue weighted by Gasteiger charge is -2.11. The molecule has 1 aromatic carbocycles. The molecule has 1 aliphatic rings. The van der Waals surface area contributed by atoms with Crippen LogP contribution in [0.25, 0.3) is 0 Å². The van der Waals surface area contributed by atoms with Crippen molar-refractivity contribution in [3.05, 3.63) is 34.4 Å². The highest BCUT2D eigenvalue weighted by atomic mass is 16.7. The molecule has 2 N–H and O–H groups in total. The summed E-state index contributed by atoms with van der Waals surface area (Å²) in [4.78, 5) is 21.3. The van der Waals surface area contributed by atoms with E-state index in [-0.39, 0.29) is 24.3 Å². The van der Waals surface area contributed by atoms with Gasteiger partial charge in [-0.3, -0.25) is 10.1 Å². The van der Waals surface area contributed by atoms with Crippen molar-refractivity contribution in [2.24, 2.45) is 0 Å². The van der Waals surface area contributed by atoms with Crippen molar-refractivity contribution in [2.75, 3.05) is 0 Å². The third-order valence-electron chi connectivity index (χ3n) is 2.96. The maximum atomic E-state index is 11.5. The Morgan fingerprint density at radius 1 is 1.20 bits per heavy atom. The van der Waals surface area contributed by atoms with Gasteiger partial charge in [0.1, 0.15) is 11.9 Å². The Balaban J connectivity index is 1.87. The average molecular weight is 283 g/mol. The first-order valence-electron chi connectivity index (χ1n) is 5.95. The lowest BCUT2D eigenvalue weighted by molar-refractivity contribution is -0.384. The van der Waals surface area contributed by atoms with Gasteiger partial charge in [0.2, 0.25) is 0 Å². The van der Waals surface area contributed by atoms with E-state index in [4.69, 9.17) is 9.47 Å². The molecule has 1 fully saturated rings. The van der Waals surface area contributed by atoms with Crippen LogP contribution < -0.4 is 4.74 Å². The minimum Gasteiger partial charge on any atom is -0.430 e. The molecule has 108 valence electrons. The molecular weight excluding hydrogens is 270 g/mol. The molecule has 8 nitrogen and oxygen atoms in total. The standard InChI is InChI=1S/C12H13NO7/c14-10-5-9(6-11(10)15)20-12(16)19-8-3-1-7(2-4-8)13(17)18/h1-4,9-11,14-15H,5-6H2/t9?,10-,11+.